The molecule has 212 valence electrons. The molecule has 7 rings (SSSR count). The first kappa shape index (κ1) is 26.9. The molecule has 1 aromatic heterocycles. The maximum Gasteiger partial charge on any atom is 0.416 e. The molecule has 3 aromatic carbocycles. The molecular weight excluding hydrogens is 547 g/mol. The maximum atomic E-state index is 14.0. The Morgan fingerprint density at radius 3 is 2.20 bits per heavy atom. The lowest BCUT2D eigenvalue weighted by molar-refractivity contribution is -0.161. The summed E-state index contributed by atoms with van der Waals surface area (Å²) in [6, 6.07) is 10.6. The van der Waals surface area contributed by atoms with Crippen molar-refractivity contribution in [2.45, 2.75) is 50.4 Å². The summed E-state index contributed by atoms with van der Waals surface area (Å²) in [5.74, 6) is -2.92. The Balaban J connectivity index is 1.34. The predicted molar refractivity (Wildman–Crippen MR) is 137 cm³/mol. The van der Waals surface area contributed by atoms with Gasteiger partial charge in [-0.05, 0) is 84.2 Å². The van der Waals surface area contributed by atoms with Crippen molar-refractivity contribution in [3.8, 4) is 11.1 Å². The zero-order chi connectivity index (χ0) is 29.2. The number of fused-ring (bicyclic) bond motifs is 1. The molecule has 12 heteroatoms. The molecular formula is C29H23F5N4O3. The SMILES string of the molecule is O=C(O)CCC12CC(NC(=O)c3cc(-c4cc(F)cc(F)c4)cc4nnn(Cc5ccc(C(F)(F)F)cc5)c34)(C1)C2. The molecule has 3 fully saturated rings. The first-order valence-electron chi connectivity index (χ1n) is 12.9. The van der Waals surface area contributed by atoms with Crippen LogP contribution in [0.1, 0.15) is 53.6 Å². The summed E-state index contributed by atoms with van der Waals surface area (Å²) in [6.45, 7) is 0.0201. The summed E-state index contributed by atoms with van der Waals surface area (Å²) in [5, 5.41) is 20.3. The second kappa shape index (κ2) is 9.35. The summed E-state index contributed by atoms with van der Waals surface area (Å²) in [5.41, 5.74) is 0.386. The lowest BCUT2D eigenvalue weighted by Crippen LogP contribution is -2.74. The lowest BCUT2D eigenvalue weighted by Gasteiger charge is -2.71. The third-order valence-electron chi connectivity index (χ3n) is 8.05. The third-order valence-corrected chi connectivity index (χ3v) is 8.05. The van der Waals surface area contributed by atoms with Crippen LogP contribution < -0.4 is 5.32 Å². The average Bonchev–Trinajstić information content (AvgIpc) is 3.25. The van der Waals surface area contributed by atoms with E-state index in [0.29, 0.717) is 42.3 Å². The van der Waals surface area contributed by atoms with E-state index in [2.05, 4.69) is 15.6 Å². The van der Waals surface area contributed by atoms with Gasteiger partial charge in [0.2, 0.25) is 0 Å². The highest BCUT2D eigenvalue weighted by atomic mass is 19.4. The van der Waals surface area contributed by atoms with E-state index in [0.717, 1.165) is 30.3 Å². The highest BCUT2D eigenvalue weighted by Gasteiger charge is 2.67. The Morgan fingerprint density at radius 1 is 0.951 bits per heavy atom. The van der Waals surface area contributed by atoms with Crippen molar-refractivity contribution >= 4 is 22.9 Å². The van der Waals surface area contributed by atoms with Crippen LogP contribution in [0.15, 0.2) is 54.6 Å². The molecule has 0 atom stereocenters. The number of carbonyl (C=O) groups excluding carboxylic acids is 1. The van der Waals surface area contributed by atoms with Gasteiger partial charge in [0.1, 0.15) is 22.7 Å². The number of nitrogens with zero attached hydrogens (tertiary/aromatic N) is 3. The molecule has 0 unspecified atom stereocenters. The highest BCUT2D eigenvalue weighted by Crippen LogP contribution is 2.69. The molecule has 2 N–H and O–H groups in total. The van der Waals surface area contributed by atoms with Crippen LogP contribution in [-0.4, -0.2) is 37.5 Å². The maximum absolute atomic E-state index is 14.0. The average molecular weight is 571 g/mol. The number of benzene rings is 3. The first-order chi connectivity index (χ1) is 19.3. The van der Waals surface area contributed by atoms with Gasteiger partial charge in [-0.2, -0.15) is 13.2 Å². The largest absolute Gasteiger partial charge is 0.481 e. The predicted octanol–water partition coefficient (Wildman–Crippen LogP) is 5.96. The molecule has 3 saturated carbocycles. The minimum atomic E-state index is -4.48. The number of nitrogens with one attached hydrogen (secondary N) is 1. The van der Waals surface area contributed by atoms with E-state index < -0.39 is 40.8 Å². The van der Waals surface area contributed by atoms with Crippen LogP contribution in [0.5, 0.6) is 0 Å². The number of hydrogen-bond acceptors (Lipinski definition) is 4. The van der Waals surface area contributed by atoms with Crippen molar-refractivity contribution in [1.82, 2.24) is 20.3 Å². The van der Waals surface area contributed by atoms with Crippen LogP contribution in [0, 0.1) is 17.0 Å². The molecule has 0 spiro atoms. The van der Waals surface area contributed by atoms with Crippen molar-refractivity contribution in [1.29, 1.82) is 0 Å². The van der Waals surface area contributed by atoms with Crippen LogP contribution in [-0.2, 0) is 17.5 Å². The molecule has 1 heterocycles. The molecule has 41 heavy (non-hydrogen) atoms. The van der Waals surface area contributed by atoms with E-state index in [1.807, 2.05) is 0 Å². The smallest absolute Gasteiger partial charge is 0.416 e. The summed E-state index contributed by atoms with van der Waals surface area (Å²) in [7, 11) is 0. The fourth-order valence-corrected chi connectivity index (χ4v) is 6.33. The van der Waals surface area contributed by atoms with Crippen LogP contribution >= 0.6 is 0 Å². The fourth-order valence-electron chi connectivity index (χ4n) is 6.33. The van der Waals surface area contributed by atoms with Crippen molar-refractivity contribution < 1.29 is 36.6 Å². The lowest BCUT2D eigenvalue weighted by atomic mass is 9.38. The van der Waals surface area contributed by atoms with Crippen molar-refractivity contribution in [3.63, 3.8) is 0 Å². The fraction of sp³-hybridized carbons (Fsp3) is 0.310. The zero-order valence-corrected chi connectivity index (χ0v) is 21.4. The van der Waals surface area contributed by atoms with Crippen LogP contribution in [0.2, 0.25) is 0 Å². The first-order valence-corrected chi connectivity index (χ1v) is 12.9. The van der Waals surface area contributed by atoms with Gasteiger partial charge in [-0.15, -0.1) is 5.10 Å². The number of carbonyl (C=O) groups is 2. The van der Waals surface area contributed by atoms with E-state index >= 15 is 0 Å². The number of carboxylic acid groups (broad SMARTS) is 1. The van der Waals surface area contributed by atoms with E-state index in [4.69, 9.17) is 5.11 Å². The molecule has 4 aromatic rings. The number of halogens is 5. The topological polar surface area (TPSA) is 97.1 Å². The summed E-state index contributed by atoms with van der Waals surface area (Å²) in [6.07, 6.45) is -1.93. The molecule has 3 aliphatic rings. The number of aliphatic carboxylic acids is 1. The summed E-state index contributed by atoms with van der Waals surface area (Å²) < 4.78 is 68.4. The van der Waals surface area contributed by atoms with Crippen molar-refractivity contribution in [2.75, 3.05) is 0 Å². The van der Waals surface area contributed by atoms with Crippen molar-refractivity contribution in [2.24, 2.45) is 5.41 Å². The molecule has 7 nitrogen and oxygen atoms in total. The Hall–Kier alpha value is -4.35. The minimum Gasteiger partial charge on any atom is -0.481 e. The molecule has 2 bridgehead atoms. The van der Waals surface area contributed by atoms with Gasteiger partial charge in [0, 0.05) is 18.0 Å². The Morgan fingerprint density at radius 2 is 1.59 bits per heavy atom. The van der Waals surface area contributed by atoms with Crippen LogP contribution in [0.3, 0.4) is 0 Å². The monoisotopic (exact) mass is 570 g/mol. The van der Waals surface area contributed by atoms with Gasteiger partial charge < -0.3 is 10.4 Å². The number of carboxylic acids is 1. The van der Waals surface area contributed by atoms with Crippen molar-refractivity contribution in [3.05, 3.63) is 82.9 Å². The zero-order valence-electron chi connectivity index (χ0n) is 21.4. The Kier molecular flexibility index (Phi) is 6.13. The summed E-state index contributed by atoms with van der Waals surface area (Å²) in [4.78, 5) is 24.7. The van der Waals surface area contributed by atoms with Gasteiger partial charge >= 0.3 is 12.1 Å². The standard InChI is InChI=1S/C29H23F5N4O3/c30-20-7-17(8-21(31)11-20)18-9-22(26(41)35-28-13-27(14-28,15-28)6-5-24(39)40)25-23(10-18)36-37-38(25)12-16-1-3-19(4-2-16)29(32,33)34/h1-4,7-11H,5-6,12-15H2,(H,35,41)(H,39,40). The number of alkyl halides is 3. The van der Waals surface area contributed by atoms with Gasteiger partial charge in [0.15, 0.2) is 0 Å². The van der Waals surface area contributed by atoms with Gasteiger partial charge in [-0.1, -0.05) is 17.3 Å². The highest BCUT2D eigenvalue weighted by molar-refractivity contribution is 6.07. The molecule has 0 aliphatic heterocycles. The number of rotatable bonds is 8. The van der Waals surface area contributed by atoms with Crippen LogP contribution in [0.4, 0.5) is 22.0 Å². The van der Waals surface area contributed by atoms with E-state index in [1.54, 1.807) is 6.07 Å². The molecule has 1 amide bonds. The van der Waals surface area contributed by atoms with E-state index in [1.165, 1.54) is 22.9 Å². The quantitative estimate of drug-likeness (QED) is 0.255. The normalized spacial score (nSPS) is 21.3. The molecule has 0 saturated heterocycles. The van der Waals surface area contributed by atoms with Gasteiger partial charge in [-0.25, -0.2) is 13.5 Å². The third kappa shape index (κ3) is 5.02. The Labute approximate surface area is 230 Å². The Bertz CT molecular complexity index is 1660. The number of aromatic nitrogens is 3. The van der Waals surface area contributed by atoms with Crippen LogP contribution in [0.25, 0.3) is 22.2 Å². The van der Waals surface area contributed by atoms with E-state index in [-0.39, 0.29) is 35.0 Å². The van der Waals surface area contributed by atoms with Gasteiger partial charge in [-0.3, -0.25) is 9.59 Å². The number of amides is 1. The molecule has 0 radical (unpaired) electrons. The second-order valence-electron chi connectivity index (χ2n) is 11.1. The van der Waals surface area contributed by atoms with E-state index in [9.17, 15) is 31.5 Å². The second-order valence-corrected chi connectivity index (χ2v) is 11.1. The molecule has 3 aliphatic carbocycles. The van der Waals surface area contributed by atoms with Gasteiger partial charge in [0.05, 0.1) is 17.7 Å². The summed E-state index contributed by atoms with van der Waals surface area (Å²) >= 11 is 0. The minimum absolute atomic E-state index is 0.0201. The van der Waals surface area contributed by atoms with Gasteiger partial charge in [0.25, 0.3) is 5.91 Å². The number of hydrogen-bond donors (Lipinski definition) is 2.